The Balaban J connectivity index is 1.69. The largest absolute Gasteiger partial charge is 0.370 e. The second-order valence-corrected chi connectivity index (χ2v) is 5.46. The maximum absolute atomic E-state index is 5.85. The van der Waals surface area contributed by atoms with Crippen molar-refractivity contribution in [3.8, 4) is 0 Å². The summed E-state index contributed by atoms with van der Waals surface area (Å²) in [5, 5.41) is 3.23. The Morgan fingerprint density at radius 3 is 2.56 bits per heavy atom. The first kappa shape index (κ1) is 13.6. The molecule has 1 unspecified atom stereocenters. The van der Waals surface area contributed by atoms with Gasteiger partial charge in [0.2, 0.25) is 0 Å². The van der Waals surface area contributed by atoms with E-state index in [-0.39, 0.29) is 0 Å². The molecule has 1 saturated carbocycles. The lowest BCUT2D eigenvalue weighted by Gasteiger charge is -2.37. The number of nitrogens with two attached hydrogens (primary N) is 1. The van der Waals surface area contributed by atoms with Gasteiger partial charge < -0.3 is 16.0 Å². The van der Waals surface area contributed by atoms with Crippen molar-refractivity contribution in [1.29, 1.82) is 0 Å². The minimum Gasteiger partial charge on any atom is -0.370 e. The highest BCUT2D eigenvalue weighted by molar-refractivity contribution is 5.78. The van der Waals surface area contributed by atoms with Gasteiger partial charge in [0.1, 0.15) is 0 Å². The second kappa shape index (κ2) is 6.38. The Morgan fingerprint density at radius 1 is 1.33 bits per heavy atom. The Hall–Kier alpha value is -0.810. The van der Waals surface area contributed by atoms with Gasteiger partial charge >= 0.3 is 0 Å². The minimum atomic E-state index is 0.489. The molecule has 5 heteroatoms. The fourth-order valence-corrected chi connectivity index (χ4v) is 2.35. The predicted octanol–water partition coefficient (Wildman–Crippen LogP) is 0.0791. The van der Waals surface area contributed by atoms with E-state index in [1.807, 2.05) is 0 Å². The zero-order valence-electron chi connectivity index (χ0n) is 11.7. The van der Waals surface area contributed by atoms with Crippen molar-refractivity contribution in [2.24, 2.45) is 10.7 Å². The fourth-order valence-electron chi connectivity index (χ4n) is 2.35. The molecular formula is C13H27N5. The molecule has 18 heavy (non-hydrogen) atoms. The molecule has 1 aliphatic carbocycles. The van der Waals surface area contributed by atoms with Crippen LogP contribution < -0.4 is 11.1 Å². The van der Waals surface area contributed by atoms with Gasteiger partial charge in [-0.3, -0.25) is 9.89 Å². The van der Waals surface area contributed by atoms with Crippen LogP contribution in [0.4, 0.5) is 0 Å². The lowest BCUT2D eigenvalue weighted by molar-refractivity contribution is 0.109. The highest BCUT2D eigenvalue weighted by Gasteiger charge is 2.22. The van der Waals surface area contributed by atoms with Crippen LogP contribution in [0.2, 0.25) is 0 Å². The quantitative estimate of drug-likeness (QED) is 0.538. The number of nitrogens with one attached hydrogen (secondary N) is 1. The molecule has 0 aromatic rings. The van der Waals surface area contributed by atoms with E-state index in [0.29, 0.717) is 18.0 Å². The molecule has 0 aromatic carbocycles. The van der Waals surface area contributed by atoms with Gasteiger partial charge in [0.25, 0.3) is 0 Å². The average molecular weight is 253 g/mol. The average Bonchev–Trinajstić information content (AvgIpc) is 3.20. The summed E-state index contributed by atoms with van der Waals surface area (Å²) in [5.41, 5.74) is 5.85. The molecule has 1 heterocycles. The van der Waals surface area contributed by atoms with Crippen molar-refractivity contribution in [2.45, 2.75) is 38.8 Å². The van der Waals surface area contributed by atoms with Crippen LogP contribution in [0.1, 0.15) is 26.7 Å². The monoisotopic (exact) mass is 253 g/mol. The van der Waals surface area contributed by atoms with Gasteiger partial charge in [-0.15, -0.1) is 0 Å². The zero-order chi connectivity index (χ0) is 13.0. The number of piperazine rings is 1. The molecule has 2 fully saturated rings. The molecule has 1 aliphatic heterocycles. The Kier molecular flexibility index (Phi) is 4.83. The number of nitrogens with zero attached hydrogens (tertiary/aromatic N) is 3. The fraction of sp³-hybridized carbons (Fsp3) is 0.923. The molecule has 2 rings (SSSR count). The molecule has 0 aromatic heterocycles. The van der Waals surface area contributed by atoms with Crippen molar-refractivity contribution in [1.82, 2.24) is 15.1 Å². The number of rotatable bonds is 5. The molecule has 2 aliphatic rings. The van der Waals surface area contributed by atoms with Crippen molar-refractivity contribution < 1.29 is 0 Å². The van der Waals surface area contributed by atoms with Crippen LogP contribution in [0.5, 0.6) is 0 Å². The van der Waals surface area contributed by atoms with Gasteiger partial charge in [0.15, 0.2) is 5.96 Å². The molecule has 104 valence electrons. The molecule has 1 saturated heterocycles. The SMILES string of the molecule is CCN1CCN(C(C)CN=C(N)NC2CC2)CC1. The van der Waals surface area contributed by atoms with Crippen LogP contribution in [-0.2, 0) is 0 Å². The molecule has 5 nitrogen and oxygen atoms in total. The van der Waals surface area contributed by atoms with E-state index >= 15 is 0 Å². The third kappa shape index (κ3) is 4.14. The molecule has 1 atom stereocenters. The molecule has 0 amide bonds. The zero-order valence-corrected chi connectivity index (χ0v) is 11.7. The van der Waals surface area contributed by atoms with E-state index in [1.54, 1.807) is 0 Å². The van der Waals surface area contributed by atoms with E-state index in [4.69, 9.17) is 5.73 Å². The number of likely N-dealkylation sites (N-methyl/N-ethyl adjacent to an activating group) is 1. The van der Waals surface area contributed by atoms with Crippen LogP contribution in [0, 0.1) is 0 Å². The predicted molar refractivity (Wildman–Crippen MR) is 75.8 cm³/mol. The maximum atomic E-state index is 5.85. The van der Waals surface area contributed by atoms with E-state index in [1.165, 1.54) is 32.5 Å². The number of aliphatic imine (C=N–C) groups is 1. The van der Waals surface area contributed by atoms with Crippen molar-refractivity contribution in [3.05, 3.63) is 0 Å². The smallest absolute Gasteiger partial charge is 0.188 e. The summed E-state index contributed by atoms with van der Waals surface area (Å²) in [4.78, 5) is 9.46. The Morgan fingerprint density at radius 2 is 2.00 bits per heavy atom. The Labute approximate surface area is 110 Å². The van der Waals surface area contributed by atoms with Crippen LogP contribution in [0.3, 0.4) is 0 Å². The van der Waals surface area contributed by atoms with E-state index in [2.05, 4.69) is 34.0 Å². The number of guanidine groups is 1. The summed E-state index contributed by atoms with van der Waals surface area (Å²) in [6.45, 7) is 11.1. The van der Waals surface area contributed by atoms with Crippen LogP contribution in [0.15, 0.2) is 4.99 Å². The first-order chi connectivity index (χ1) is 8.69. The normalized spacial score (nSPS) is 25.1. The minimum absolute atomic E-state index is 0.489. The summed E-state index contributed by atoms with van der Waals surface area (Å²) in [6, 6.07) is 1.08. The van der Waals surface area contributed by atoms with Crippen LogP contribution >= 0.6 is 0 Å². The van der Waals surface area contributed by atoms with Crippen molar-refractivity contribution in [2.75, 3.05) is 39.3 Å². The molecule has 0 bridgehead atoms. The van der Waals surface area contributed by atoms with E-state index < -0.39 is 0 Å². The summed E-state index contributed by atoms with van der Waals surface area (Å²) in [5.74, 6) is 0.622. The van der Waals surface area contributed by atoms with Crippen molar-refractivity contribution >= 4 is 5.96 Å². The summed E-state index contributed by atoms with van der Waals surface area (Å²) < 4.78 is 0. The highest BCUT2D eigenvalue weighted by atomic mass is 15.3. The Bertz CT molecular complexity index is 279. The molecule has 0 spiro atoms. The van der Waals surface area contributed by atoms with Gasteiger partial charge in [0.05, 0.1) is 6.54 Å². The van der Waals surface area contributed by atoms with Gasteiger partial charge in [-0.05, 0) is 26.3 Å². The topological polar surface area (TPSA) is 56.9 Å². The van der Waals surface area contributed by atoms with E-state index in [9.17, 15) is 0 Å². The third-order valence-corrected chi connectivity index (χ3v) is 3.93. The van der Waals surface area contributed by atoms with Crippen LogP contribution in [0.25, 0.3) is 0 Å². The number of hydrogen-bond acceptors (Lipinski definition) is 3. The molecule has 3 N–H and O–H groups in total. The van der Waals surface area contributed by atoms with Crippen LogP contribution in [-0.4, -0.2) is 67.1 Å². The standard InChI is InChI=1S/C13H27N5/c1-3-17-6-8-18(9-7-17)11(2)10-15-13(14)16-12-4-5-12/h11-12H,3-10H2,1-2H3,(H3,14,15,16). The highest BCUT2D eigenvalue weighted by Crippen LogP contribution is 2.18. The second-order valence-electron chi connectivity index (χ2n) is 5.46. The summed E-state index contributed by atoms with van der Waals surface area (Å²) in [7, 11) is 0. The van der Waals surface area contributed by atoms with E-state index in [0.717, 1.165) is 19.6 Å². The van der Waals surface area contributed by atoms with Crippen molar-refractivity contribution in [3.63, 3.8) is 0 Å². The third-order valence-electron chi connectivity index (χ3n) is 3.93. The van der Waals surface area contributed by atoms with Gasteiger partial charge in [-0.2, -0.15) is 0 Å². The summed E-state index contributed by atoms with van der Waals surface area (Å²) in [6.07, 6.45) is 2.48. The molecular weight excluding hydrogens is 226 g/mol. The first-order valence-electron chi connectivity index (χ1n) is 7.22. The lowest BCUT2D eigenvalue weighted by atomic mass is 10.2. The maximum Gasteiger partial charge on any atom is 0.188 e. The molecule has 0 radical (unpaired) electrons. The van der Waals surface area contributed by atoms with Gasteiger partial charge in [0, 0.05) is 38.3 Å². The number of hydrogen-bond donors (Lipinski definition) is 2. The lowest BCUT2D eigenvalue weighted by Crippen LogP contribution is -2.50. The van der Waals surface area contributed by atoms with Gasteiger partial charge in [-0.25, -0.2) is 0 Å². The van der Waals surface area contributed by atoms with Gasteiger partial charge in [-0.1, -0.05) is 6.92 Å². The summed E-state index contributed by atoms with van der Waals surface area (Å²) >= 11 is 0. The first-order valence-corrected chi connectivity index (χ1v) is 7.22.